The molecule has 0 saturated carbocycles. The first-order valence-corrected chi connectivity index (χ1v) is 9.05. The number of halogens is 1. The summed E-state index contributed by atoms with van der Waals surface area (Å²) in [7, 11) is -1.81. The van der Waals surface area contributed by atoms with E-state index in [1.54, 1.807) is 6.07 Å². The Bertz CT molecular complexity index is 371. The average Bonchev–Trinajstić information content (AvgIpc) is 2.61. The van der Waals surface area contributed by atoms with Crippen molar-refractivity contribution in [3.63, 3.8) is 0 Å². The number of hydrogen-bond acceptors (Lipinski definition) is 1. The Morgan fingerprint density at radius 1 is 1.35 bits per heavy atom. The predicted octanol–water partition coefficient (Wildman–Crippen LogP) is 4.31. The van der Waals surface area contributed by atoms with Gasteiger partial charge in [-0.15, -0.1) is 0 Å². The zero-order valence-electron chi connectivity index (χ0n) is 11.7. The lowest BCUT2D eigenvalue weighted by Crippen LogP contribution is -2.45. The van der Waals surface area contributed by atoms with Crippen LogP contribution < -0.4 is 0 Å². The van der Waals surface area contributed by atoms with Gasteiger partial charge in [0.25, 0.3) is 0 Å². The highest BCUT2D eigenvalue weighted by Crippen LogP contribution is 2.44. The molecule has 0 aromatic carbocycles. The summed E-state index contributed by atoms with van der Waals surface area (Å²) in [5.74, 6) is 0.274. The predicted molar refractivity (Wildman–Crippen MR) is 71.9 cm³/mol. The fourth-order valence-electron chi connectivity index (χ4n) is 1.63. The van der Waals surface area contributed by atoms with Gasteiger partial charge in [0, 0.05) is 5.69 Å². The van der Waals surface area contributed by atoms with E-state index in [9.17, 15) is 4.39 Å². The third kappa shape index (κ3) is 3.19. The molecule has 0 atom stereocenters. The minimum Gasteiger partial charge on any atom is -0.411 e. The maximum atomic E-state index is 12.8. The molecule has 98 valence electrons. The smallest absolute Gasteiger partial charge is 0.193 e. The fraction of sp³-hybridized carbons (Fsp3) is 0.692. The lowest BCUT2D eigenvalue weighted by molar-refractivity contribution is 0.253. The minimum atomic E-state index is -1.81. The molecule has 1 heterocycles. The SMILES string of the molecule is CC(C)C(C)(C)[Si](C)(C)OCc1ccc(F)[nH]1. The molecule has 0 aliphatic rings. The van der Waals surface area contributed by atoms with Crippen LogP contribution in [0.4, 0.5) is 4.39 Å². The average molecular weight is 257 g/mol. The largest absolute Gasteiger partial charge is 0.411 e. The van der Waals surface area contributed by atoms with Crippen LogP contribution in [-0.4, -0.2) is 13.3 Å². The molecule has 17 heavy (non-hydrogen) atoms. The topological polar surface area (TPSA) is 25.0 Å². The highest BCUT2D eigenvalue weighted by molar-refractivity contribution is 6.74. The van der Waals surface area contributed by atoms with Gasteiger partial charge in [-0.05, 0) is 36.2 Å². The van der Waals surface area contributed by atoms with Gasteiger partial charge in [0.05, 0.1) is 6.61 Å². The molecule has 1 aromatic heterocycles. The molecule has 1 N–H and O–H groups in total. The minimum absolute atomic E-state index is 0.193. The molecule has 1 rings (SSSR count). The third-order valence-electron chi connectivity index (χ3n) is 4.29. The molecule has 0 radical (unpaired) electrons. The van der Waals surface area contributed by atoms with Crippen LogP contribution in [0.25, 0.3) is 0 Å². The van der Waals surface area contributed by atoms with E-state index in [0.29, 0.717) is 12.5 Å². The second-order valence-corrected chi connectivity index (χ2v) is 10.6. The Morgan fingerprint density at radius 2 is 1.94 bits per heavy atom. The number of aromatic nitrogens is 1. The molecule has 1 aromatic rings. The number of nitrogens with one attached hydrogen (secondary N) is 1. The van der Waals surface area contributed by atoms with Crippen LogP contribution in [0.5, 0.6) is 0 Å². The van der Waals surface area contributed by atoms with Crippen LogP contribution in [0.1, 0.15) is 33.4 Å². The highest BCUT2D eigenvalue weighted by atomic mass is 28.4. The van der Waals surface area contributed by atoms with Crippen LogP contribution >= 0.6 is 0 Å². The summed E-state index contributed by atoms with van der Waals surface area (Å²) in [5.41, 5.74) is 0.808. The van der Waals surface area contributed by atoms with Crippen molar-refractivity contribution in [1.82, 2.24) is 4.98 Å². The van der Waals surface area contributed by atoms with E-state index >= 15 is 0 Å². The van der Waals surface area contributed by atoms with E-state index in [1.165, 1.54) is 6.07 Å². The van der Waals surface area contributed by atoms with Crippen molar-refractivity contribution in [2.45, 2.75) is 52.4 Å². The Balaban J connectivity index is 2.67. The van der Waals surface area contributed by atoms with Gasteiger partial charge in [0.15, 0.2) is 14.3 Å². The summed E-state index contributed by atoms with van der Waals surface area (Å²) in [5, 5.41) is 0.193. The van der Waals surface area contributed by atoms with Crippen LogP contribution in [0, 0.1) is 11.9 Å². The Hall–Kier alpha value is -0.613. The van der Waals surface area contributed by atoms with Gasteiger partial charge in [0.2, 0.25) is 0 Å². The highest BCUT2D eigenvalue weighted by Gasteiger charge is 2.43. The molecular weight excluding hydrogens is 233 g/mol. The maximum Gasteiger partial charge on any atom is 0.193 e. The van der Waals surface area contributed by atoms with Gasteiger partial charge >= 0.3 is 0 Å². The molecule has 0 spiro atoms. The molecule has 0 aliphatic carbocycles. The monoisotopic (exact) mass is 257 g/mol. The lowest BCUT2D eigenvalue weighted by atomic mass is 9.99. The molecule has 4 heteroatoms. The standard InChI is InChI=1S/C13H24FNOSi/c1-10(2)13(3,4)17(5,6)16-9-11-7-8-12(14)15-11/h7-8,10,15H,9H2,1-6H3. The molecular formula is C13H24FNOSi. The fourth-order valence-corrected chi connectivity index (χ4v) is 3.91. The summed E-state index contributed by atoms with van der Waals surface area (Å²) in [4.78, 5) is 2.66. The second kappa shape index (κ2) is 4.94. The van der Waals surface area contributed by atoms with Crippen molar-refractivity contribution in [2.75, 3.05) is 0 Å². The molecule has 0 saturated heterocycles. The second-order valence-electron chi connectivity index (χ2n) is 6.01. The van der Waals surface area contributed by atoms with Crippen molar-refractivity contribution in [2.24, 2.45) is 5.92 Å². The summed E-state index contributed by atoms with van der Waals surface area (Å²) < 4.78 is 18.9. The zero-order valence-corrected chi connectivity index (χ0v) is 12.7. The molecule has 0 bridgehead atoms. The Kier molecular flexibility index (Phi) is 4.20. The summed E-state index contributed by atoms with van der Waals surface area (Å²) in [6.07, 6.45) is 0. The van der Waals surface area contributed by atoms with Crippen molar-refractivity contribution >= 4 is 8.32 Å². The van der Waals surface area contributed by atoms with Crippen molar-refractivity contribution in [3.8, 4) is 0 Å². The van der Waals surface area contributed by atoms with E-state index in [-0.39, 0.29) is 11.0 Å². The van der Waals surface area contributed by atoms with Crippen LogP contribution in [0.15, 0.2) is 12.1 Å². The van der Waals surface area contributed by atoms with Crippen LogP contribution in [0.2, 0.25) is 18.1 Å². The molecule has 0 unspecified atom stereocenters. The van der Waals surface area contributed by atoms with Crippen molar-refractivity contribution < 1.29 is 8.82 Å². The van der Waals surface area contributed by atoms with Crippen molar-refractivity contribution in [1.29, 1.82) is 0 Å². The number of H-pyrrole nitrogens is 1. The first-order chi connectivity index (χ1) is 7.67. The zero-order chi connectivity index (χ0) is 13.3. The van der Waals surface area contributed by atoms with E-state index in [2.05, 4.69) is 45.8 Å². The number of rotatable bonds is 5. The summed E-state index contributed by atoms with van der Waals surface area (Å²) in [6, 6.07) is 3.17. The van der Waals surface area contributed by atoms with Gasteiger partial charge in [-0.25, -0.2) is 0 Å². The summed E-state index contributed by atoms with van der Waals surface area (Å²) in [6.45, 7) is 13.9. The molecule has 0 fully saturated rings. The van der Waals surface area contributed by atoms with Gasteiger partial charge in [-0.3, -0.25) is 0 Å². The molecule has 0 aliphatic heterocycles. The molecule has 2 nitrogen and oxygen atoms in total. The first kappa shape index (κ1) is 14.4. The normalized spacial score (nSPS) is 13.4. The quantitative estimate of drug-likeness (QED) is 0.781. The van der Waals surface area contributed by atoms with Crippen molar-refractivity contribution in [3.05, 3.63) is 23.8 Å². The lowest BCUT2D eigenvalue weighted by Gasteiger charge is -2.42. The Labute approximate surface area is 105 Å². The summed E-state index contributed by atoms with van der Waals surface area (Å²) >= 11 is 0. The number of hydrogen-bond donors (Lipinski definition) is 1. The maximum absolute atomic E-state index is 12.8. The molecule has 0 amide bonds. The van der Waals surface area contributed by atoms with Crippen LogP contribution in [-0.2, 0) is 11.0 Å². The van der Waals surface area contributed by atoms with Gasteiger partial charge in [-0.2, -0.15) is 4.39 Å². The van der Waals surface area contributed by atoms with E-state index in [1.807, 2.05) is 0 Å². The Morgan fingerprint density at radius 3 is 2.35 bits per heavy atom. The van der Waals surface area contributed by atoms with Gasteiger partial charge in [0.1, 0.15) is 0 Å². The van der Waals surface area contributed by atoms with E-state index < -0.39 is 8.32 Å². The van der Waals surface area contributed by atoms with E-state index in [4.69, 9.17) is 4.43 Å². The number of aromatic amines is 1. The van der Waals surface area contributed by atoms with Gasteiger partial charge < -0.3 is 9.41 Å². The first-order valence-electron chi connectivity index (χ1n) is 6.14. The van der Waals surface area contributed by atoms with Crippen LogP contribution in [0.3, 0.4) is 0 Å². The third-order valence-corrected chi connectivity index (χ3v) is 8.84. The van der Waals surface area contributed by atoms with E-state index in [0.717, 1.165) is 5.69 Å². The van der Waals surface area contributed by atoms with Gasteiger partial charge in [-0.1, -0.05) is 27.7 Å².